The second-order valence-electron chi connectivity index (χ2n) is 7.07. The van der Waals surface area contributed by atoms with Gasteiger partial charge in [-0.05, 0) is 43.2 Å². The van der Waals surface area contributed by atoms with Crippen LogP contribution >= 0.6 is 0 Å². The molecular weight excluding hydrogens is 302 g/mol. The Kier molecular flexibility index (Phi) is 3.51. The van der Waals surface area contributed by atoms with Gasteiger partial charge < -0.3 is 20.5 Å². The van der Waals surface area contributed by atoms with E-state index in [9.17, 15) is 5.11 Å². The number of pyridine rings is 1. The van der Waals surface area contributed by atoms with E-state index in [2.05, 4.69) is 22.9 Å². The average Bonchev–Trinajstić information content (AvgIpc) is 2.56. The molecule has 2 atom stereocenters. The van der Waals surface area contributed by atoms with Crippen LogP contribution in [0.4, 0.5) is 11.4 Å². The lowest BCUT2D eigenvalue weighted by atomic mass is 9.85. The van der Waals surface area contributed by atoms with Crippen molar-refractivity contribution in [1.82, 2.24) is 4.98 Å². The summed E-state index contributed by atoms with van der Waals surface area (Å²) in [4.78, 5) is 6.97. The van der Waals surface area contributed by atoms with Crippen LogP contribution in [0, 0.1) is 6.92 Å². The van der Waals surface area contributed by atoms with Gasteiger partial charge in [-0.3, -0.25) is 4.98 Å². The third-order valence-electron chi connectivity index (χ3n) is 5.12. The normalized spacial score (nSPS) is 26.0. The molecule has 2 aliphatic rings. The van der Waals surface area contributed by atoms with Gasteiger partial charge in [0.05, 0.1) is 30.6 Å². The molecule has 0 radical (unpaired) electrons. The molecule has 0 bridgehead atoms. The third-order valence-corrected chi connectivity index (χ3v) is 5.12. The molecule has 1 fully saturated rings. The van der Waals surface area contributed by atoms with Crippen molar-refractivity contribution in [3.63, 3.8) is 0 Å². The van der Waals surface area contributed by atoms with Gasteiger partial charge in [0, 0.05) is 30.4 Å². The van der Waals surface area contributed by atoms with Crippen LogP contribution in [0.25, 0.3) is 11.1 Å². The molecule has 2 aromatic rings. The van der Waals surface area contributed by atoms with E-state index in [1.54, 1.807) is 0 Å². The quantitative estimate of drug-likeness (QED) is 0.788. The number of fused-ring (bicyclic) bond motifs is 3. The molecule has 0 amide bonds. The molecule has 0 saturated carbocycles. The van der Waals surface area contributed by atoms with Gasteiger partial charge in [0.15, 0.2) is 0 Å². The number of morpholine rings is 1. The van der Waals surface area contributed by atoms with Gasteiger partial charge in [-0.1, -0.05) is 6.07 Å². The van der Waals surface area contributed by atoms with E-state index in [1.807, 2.05) is 31.3 Å². The second kappa shape index (κ2) is 5.46. The minimum Gasteiger partial charge on any atom is -0.399 e. The summed E-state index contributed by atoms with van der Waals surface area (Å²) in [5.41, 5.74) is 10.8. The lowest BCUT2D eigenvalue weighted by Gasteiger charge is -2.46. The Hall–Kier alpha value is -2.11. The molecule has 5 nitrogen and oxygen atoms in total. The first-order valence-electron chi connectivity index (χ1n) is 8.39. The molecule has 1 aromatic heterocycles. The molecular formula is C19H23N3O2. The zero-order valence-electron chi connectivity index (χ0n) is 14.1. The van der Waals surface area contributed by atoms with Crippen LogP contribution in [0.2, 0.25) is 0 Å². The maximum absolute atomic E-state index is 10.9. The molecule has 2 aliphatic heterocycles. The number of ether oxygens (including phenoxy) is 1. The SMILES string of the molecule is Cc1ccc(N)cc1-c1cnc2c(c1)N1CCOCC1CC2(C)O. The summed E-state index contributed by atoms with van der Waals surface area (Å²) in [5.74, 6) is 0. The Labute approximate surface area is 142 Å². The lowest BCUT2D eigenvalue weighted by molar-refractivity contribution is 0.000936. The summed E-state index contributed by atoms with van der Waals surface area (Å²) < 4.78 is 5.61. The molecule has 3 heterocycles. The fraction of sp³-hybridized carbons (Fsp3) is 0.421. The number of hydrogen-bond donors (Lipinski definition) is 2. The topological polar surface area (TPSA) is 71.6 Å². The van der Waals surface area contributed by atoms with Crippen molar-refractivity contribution in [1.29, 1.82) is 0 Å². The molecule has 1 saturated heterocycles. The van der Waals surface area contributed by atoms with Crippen molar-refractivity contribution >= 4 is 11.4 Å². The Morgan fingerprint density at radius 1 is 1.38 bits per heavy atom. The largest absolute Gasteiger partial charge is 0.399 e. The van der Waals surface area contributed by atoms with E-state index in [0.29, 0.717) is 19.6 Å². The first-order chi connectivity index (χ1) is 11.5. The summed E-state index contributed by atoms with van der Waals surface area (Å²) in [7, 11) is 0. The van der Waals surface area contributed by atoms with Gasteiger partial charge in [0.1, 0.15) is 5.60 Å². The highest BCUT2D eigenvalue weighted by atomic mass is 16.5. The van der Waals surface area contributed by atoms with Crippen molar-refractivity contribution in [2.45, 2.75) is 31.9 Å². The molecule has 0 aliphatic carbocycles. The van der Waals surface area contributed by atoms with E-state index in [0.717, 1.165) is 40.3 Å². The van der Waals surface area contributed by atoms with Crippen LogP contribution < -0.4 is 10.6 Å². The number of aromatic nitrogens is 1. The molecule has 0 spiro atoms. The summed E-state index contributed by atoms with van der Waals surface area (Å²) in [5, 5.41) is 10.9. The van der Waals surface area contributed by atoms with Gasteiger partial charge in [-0.25, -0.2) is 0 Å². The zero-order chi connectivity index (χ0) is 16.9. The highest BCUT2D eigenvalue weighted by Crippen LogP contribution is 2.42. The van der Waals surface area contributed by atoms with Crippen LogP contribution in [0.3, 0.4) is 0 Å². The van der Waals surface area contributed by atoms with Crippen LogP contribution in [-0.2, 0) is 10.3 Å². The average molecular weight is 325 g/mol. The fourth-order valence-corrected chi connectivity index (χ4v) is 3.88. The zero-order valence-corrected chi connectivity index (χ0v) is 14.1. The van der Waals surface area contributed by atoms with E-state index in [1.165, 1.54) is 0 Å². The molecule has 126 valence electrons. The van der Waals surface area contributed by atoms with Gasteiger partial charge in [0.25, 0.3) is 0 Å². The van der Waals surface area contributed by atoms with Gasteiger partial charge in [0.2, 0.25) is 0 Å². The summed E-state index contributed by atoms with van der Waals surface area (Å²) in [6.45, 7) is 6.10. The standard InChI is InChI=1S/C19H23N3O2/c1-12-3-4-14(20)8-16(12)13-7-17-18(21-10-13)19(2,23)9-15-11-24-6-5-22(15)17/h3-4,7-8,10,15,23H,5-6,9,11,20H2,1-2H3. The molecule has 4 rings (SSSR count). The molecule has 24 heavy (non-hydrogen) atoms. The molecule has 1 aromatic carbocycles. The fourth-order valence-electron chi connectivity index (χ4n) is 3.88. The number of nitrogens with zero attached hydrogens (tertiary/aromatic N) is 2. The van der Waals surface area contributed by atoms with E-state index >= 15 is 0 Å². The van der Waals surface area contributed by atoms with Crippen molar-refractivity contribution < 1.29 is 9.84 Å². The van der Waals surface area contributed by atoms with Crippen LogP contribution in [0.5, 0.6) is 0 Å². The minimum atomic E-state index is -0.930. The number of benzene rings is 1. The summed E-state index contributed by atoms with van der Waals surface area (Å²) in [6, 6.07) is 8.25. The van der Waals surface area contributed by atoms with Gasteiger partial charge in [-0.15, -0.1) is 0 Å². The Morgan fingerprint density at radius 2 is 2.21 bits per heavy atom. The van der Waals surface area contributed by atoms with Crippen LogP contribution in [0.15, 0.2) is 30.5 Å². The monoisotopic (exact) mass is 325 g/mol. The third kappa shape index (κ3) is 2.44. The van der Waals surface area contributed by atoms with E-state index in [4.69, 9.17) is 10.5 Å². The summed E-state index contributed by atoms with van der Waals surface area (Å²) >= 11 is 0. The maximum atomic E-state index is 10.9. The predicted molar refractivity (Wildman–Crippen MR) is 95.0 cm³/mol. The number of anilines is 2. The molecule has 5 heteroatoms. The van der Waals surface area contributed by atoms with Gasteiger partial charge >= 0.3 is 0 Å². The maximum Gasteiger partial charge on any atom is 0.108 e. The van der Waals surface area contributed by atoms with Crippen molar-refractivity contribution in [3.8, 4) is 11.1 Å². The predicted octanol–water partition coefficient (Wildman–Crippen LogP) is 2.46. The minimum absolute atomic E-state index is 0.195. The number of aliphatic hydroxyl groups is 1. The van der Waals surface area contributed by atoms with Crippen molar-refractivity contribution in [2.24, 2.45) is 0 Å². The Balaban J connectivity index is 1.85. The van der Waals surface area contributed by atoms with Crippen LogP contribution in [0.1, 0.15) is 24.6 Å². The first-order valence-corrected chi connectivity index (χ1v) is 8.39. The first kappa shape index (κ1) is 15.4. The van der Waals surface area contributed by atoms with Crippen molar-refractivity contribution in [3.05, 3.63) is 41.7 Å². The number of rotatable bonds is 1. The van der Waals surface area contributed by atoms with E-state index in [-0.39, 0.29) is 6.04 Å². The van der Waals surface area contributed by atoms with Crippen molar-refractivity contribution in [2.75, 3.05) is 30.4 Å². The number of nitrogen functional groups attached to an aromatic ring is 1. The number of nitrogens with two attached hydrogens (primary N) is 1. The second-order valence-corrected chi connectivity index (χ2v) is 7.07. The van der Waals surface area contributed by atoms with Crippen LogP contribution in [-0.4, -0.2) is 35.9 Å². The molecule has 3 N–H and O–H groups in total. The summed E-state index contributed by atoms with van der Waals surface area (Å²) in [6.07, 6.45) is 2.49. The Morgan fingerprint density at radius 3 is 3.04 bits per heavy atom. The number of aryl methyl sites for hydroxylation is 1. The Bertz CT molecular complexity index is 788. The number of hydrogen-bond acceptors (Lipinski definition) is 5. The van der Waals surface area contributed by atoms with E-state index < -0.39 is 5.60 Å². The highest BCUT2D eigenvalue weighted by molar-refractivity contribution is 5.74. The smallest absolute Gasteiger partial charge is 0.108 e. The van der Waals surface area contributed by atoms with Gasteiger partial charge in [-0.2, -0.15) is 0 Å². The molecule has 2 unspecified atom stereocenters. The lowest BCUT2D eigenvalue weighted by Crippen LogP contribution is -2.53. The highest BCUT2D eigenvalue weighted by Gasteiger charge is 2.41.